The molecule has 29 heavy (non-hydrogen) atoms. The fourth-order valence-electron chi connectivity index (χ4n) is 3.83. The lowest BCUT2D eigenvalue weighted by Gasteiger charge is -2.26. The van der Waals surface area contributed by atoms with Crippen LogP contribution in [0.25, 0.3) is 0 Å². The highest BCUT2D eigenvalue weighted by Gasteiger charge is 2.14. The first kappa shape index (κ1) is 21.3. The number of nitrogens with zero attached hydrogens (tertiary/aromatic N) is 3. The zero-order valence-corrected chi connectivity index (χ0v) is 18.1. The van der Waals surface area contributed by atoms with Crippen molar-refractivity contribution in [1.29, 1.82) is 0 Å². The topological polar surface area (TPSA) is 42.9 Å². The Labute approximate surface area is 175 Å². The number of nitrogens with one attached hydrogen (secondary N) is 2. The molecule has 0 saturated carbocycles. The zero-order valence-electron chi connectivity index (χ0n) is 18.1. The molecule has 1 saturated heterocycles. The first-order valence-corrected chi connectivity index (χ1v) is 10.6. The molecule has 0 amide bonds. The number of hydrogen-bond acceptors (Lipinski definition) is 3. The molecule has 1 heterocycles. The lowest BCUT2D eigenvalue weighted by molar-refractivity contribution is 0.298. The molecule has 2 aromatic rings. The highest BCUT2D eigenvalue weighted by molar-refractivity contribution is 5.79. The van der Waals surface area contributed by atoms with Crippen LogP contribution in [-0.4, -0.2) is 56.5 Å². The first-order valence-electron chi connectivity index (χ1n) is 10.6. The van der Waals surface area contributed by atoms with Crippen LogP contribution in [0.1, 0.15) is 35.6 Å². The average molecular weight is 394 g/mol. The predicted octanol–water partition coefficient (Wildman–Crippen LogP) is 3.25. The standard InChI is InChI=1S/C24H35N5/c1-25-24(27-18-23(28(2)3)22-9-5-4-6-10-22)26-17-20-11-13-21(14-12-20)19-29-15-7-8-16-29/h4-6,9-14,23H,7-8,15-19H2,1-3H3,(H2,25,26,27). The van der Waals surface area contributed by atoms with Gasteiger partial charge in [-0.05, 0) is 56.7 Å². The van der Waals surface area contributed by atoms with Gasteiger partial charge in [0, 0.05) is 26.7 Å². The van der Waals surface area contributed by atoms with Gasteiger partial charge in [0.15, 0.2) is 5.96 Å². The van der Waals surface area contributed by atoms with Crippen LogP contribution in [0, 0.1) is 0 Å². The quantitative estimate of drug-likeness (QED) is 0.534. The van der Waals surface area contributed by atoms with Crippen LogP contribution in [0.15, 0.2) is 59.6 Å². The number of benzene rings is 2. The van der Waals surface area contributed by atoms with Gasteiger partial charge < -0.3 is 15.5 Å². The molecule has 0 aliphatic carbocycles. The summed E-state index contributed by atoms with van der Waals surface area (Å²) in [6.07, 6.45) is 2.68. The van der Waals surface area contributed by atoms with Gasteiger partial charge in [0.1, 0.15) is 0 Å². The van der Waals surface area contributed by atoms with Crippen molar-refractivity contribution in [3.63, 3.8) is 0 Å². The summed E-state index contributed by atoms with van der Waals surface area (Å²) in [5, 5.41) is 6.90. The summed E-state index contributed by atoms with van der Waals surface area (Å²) in [5.41, 5.74) is 3.97. The van der Waals surface area contributed by atoms with Gasteiger partial charge in [-0.3, -0.25) is 9.89 Å². The molecular formula is C24H35N5. The minimum absolute atomic E-state index is 0.291. The van der Waals surface area contributed by atoms with Crippen LogP contribution >= 0.6 is 0 Å². The summed E-state index contributed by atoms with van der Waals surface area (Å²) < 4.78 is 0. The Balaban J connectivity index is 1.48. The Morgan fingerprint density at radius 3 is 2.24 bits per heavy atom. The van der Waals surface area contributed by atoms with E-state index in [-0.39, 0.29) is 0 Å². The molecule has 156 valence electrons. The third kappa shape index (κ3) is 6.58. The summed E-state index contributed by atoms with van der Waals surface area (Å²) in [6, 6.07) is 19.8. The molecule has 0 aromatic heterocycles. The minimum atomic E-state index is 0.291. The Bertz CT molecular complexity index is 749. The summed E-state index contributed by atoms with van der Waals surface area (Å²) in [4.78, 5) is 9.15. The maximum Gasteiger partial charge on any atom is 0.191 e. The highest BCUT2D eigenvalue weighted by Crippen LogP contribution is 2.16. The Morgan fingerprint density at radius 2 is 1.62 bits per heavy atom. The number of rotatable bonds is 8. The van der Waals surface area contributed by atoms with Gasteiger partial charge in [0.25, 0.3) is 0 Å². The van der Waals surface area contributed by atoms with E-state index in [1.165, 1.54) is 42.6 Å². The van der Waals surface area contributed by atoms with E-state index >= 15 is 0 Å². The molecule has 1 atom stereocenters. The summed E-state index contributed by atoms with van der Waals surface area (Å²) in [5.74, 6) is 0.828. The van der Waals surface area contributed by atoms with E-state index in [4.69, 9.17) is 0 Å². The van der Waals surface area contributed by atoms with Crippen LogP contribution in [0.3, 0.4) is 0 Å². The van der Waals surface area contributed by atoms with Gasteiger partial charge in [0.05, 0.1) is 6.04 Å². The number of likely N-dealkylation sites (tertiary alicyclic amines) is 1. The largest absolute Gasteiger partial charge is 0.354 e. The second kappa shape index (κ2) is 11.0. The maximum absolute atomic E-state index is 4.38. The van der Waals surface area contributed by atoms with Crippen LogP contribution < -0.4 is 10.6 Å². The van der Waals surface area contributed by atoms with E-state index in [0.717, 1.165) is 25.6 Å². The third-order valence-electron chi connectivity index (χ3n) is 5.58. The van der Waals surface area contributed by atoms with E-state index in [0.29, 0.717) is 6.04 Å². The normalized spacial score (nSPS) is 16.2. The molecule has 1 fully saturated rings. The number of hydrogen-bond donors (Lipinski definition) is 2. The van der Waals surface area contributed by atoms with Crippen LogP contribution in [-0.2, 0) is 13.1 Å². The van der Waals surface area contributed by atoms with Crippen molar-refractivity contribution in [2.45, 2.75) is 32.0 Å². The van der Waals surface area contributed by atoms with Crippen LogP contribution in [0.2, 0.25) is 0 Å². The van der Waals surface area contributed by atoms with Crippen molar-refractivity contribution in [3.8, 4) is 0 Å². The third-order valence-corrected chi connectivity index (χ3v) is 5.58. The number of guanidine groups is 1. The molecule has 5 nitrogen and oxygen atoms in total. The highest BCUT2D eigenvalue weighted by atomic mass is 15.2. The number of aliphatic imine (C=N–C) groups is 1. The minimum Gasteiger partial charge on any atom is -0.354 e. The van der Waals surface area contributed by atoms with Crippen LogP contribution in [0.4, 0.5) is 0 Å². The zero-order chi connectivity index (χ0) is 20.5. The van der Waals surface area contributed by atoms with Crippen molar-refractivity contribution in [1.82, 2.24) is 20.4 Å². The Kier molecular flexibility index (Phi) is 8.08. The summed E-state index contributed by atoms with van der Waals surface area (Å²) >= 11 is 0. The summed E-state index contributed by atoms with van der Waals surface area (Å²) in [6.45, 7) is 5.11. The van der Waals surface area contributed by atoms with Gasteiger partial charge in [-0.15, -0.1) is 0 Å². The van der Waals surface area contributed by atoms with Crippen molar-refractivity contribution >= 4 is 5.96 Å². The Hall–Kier alpha value is -2.37. The van der Waals surface area contributed by atoms with Gasteiger partial charge in [-0.25, -0.2) is 0 Å². The number of likely N-dealkylation sites (N-methyl/N-ethyl adjacent to an activating group) is 1. The van der Waals surface area contributed by atoms with E-state index in [1.807, 2.05) is 7.05 Å². The molecule has 0 spiro atoms. The molecule has 0 bridgehead atoms. The van der Waals surface area contributed by atoms with Crippen LogP contribution in [0.5, 0.6) is 0 Å². The molecule has 2 N–H and O–H groups in total. The van der Waals surface area contributed by atoms with Crippen molar-refractivity contribution in [2.75, 3.05) is 40.8 Å². The smallest absolute Gasteiger partial charge is 0.191 e. The SMILES string of the molecule is CN=C(NCc1ccc(CN2CCCC2)cc1)NCC(c1ccccc1)N(C)C. The average Bonchev–Trinajstić information content (AvgIpc) is 3.25. The van der Waals surface area contributed by atoms with Crippen molar-refractivity contribution in [2.24, 2.45) is 4.99 Å². The molecule has 0 radical (unpaired) electrons. The fraction of sp³-hybridized carbons (Fsp3) is 0.458. The fourth-order valence-corrected chi connectivity index (χ4v) is 3.83. The van der Waals surface area contributed by atoms with E-state index in [1.54, 1.807) is 0 Å². The van der Waals surface area contributed by atoms with E-state index in [2.05, 4.69) is 94.1 Å². The molecule has 5 heteroatoms. The lowest BCUT2D eigenvalue weighted by Crippen LogP contribution is -2.41. The maximum atomic E-state index is 4.38. The second-order valence-electron chi connectivity index (χ2n) is 8.00. The molecular weight excluding hydrogens is 358 g/mol. The lowest BCUT2D eigenvalue weighted by atomic mass is 10.1. The molecule has 1 aliphatic heterocycles. The predicted molar refractivity (Wildman–Crippen MR) is 122 cm³/mol. The Morgan fingerprint density at radius 1 is 0.966 bits per heavy atom. The van der Waals surface area contributed by atoms with Gasteiger partial charge in [-0.1, -0.05) is 54.6 Å². The van der Waals surface area contributed by atoms with Crippen molar-refractivity contribution < 1.29 is 0 Å². The molecule has 2 aromatic carbocycles. The van der Waals surface area contributed by atoms with Gasteiger partial charge >= 0.3 is 0 Å². The second-order valence-corrected chi connectivity index (χ2v) is 8.00. The molecule has 1 unspecified atom stereocenters. The first-order chi connectivity index (χ1) is 14.2. The van der Waals surface area contributed by atoms with Crippen molar-refractivity contribution in [3.05, 3.63) is 71.3 Å². The van der Waals surface area contributed by atoms with Gasteiger partial charge in [-0.2, -0.15) is 0 Å². The molecule has 1 aliphatic rings. The van der Waals surface area contributed by atoms with E-state index in [9.17, 15) is 0 Å². The van der Waals surface area contributed by atoms with E-state index < -0.39 is 0 Å². The molecule has 3 rings (SSSR count). The monoisotopic (exact) mass is 393 g/mol. The van der Waals surface area contributed by atoms with Gasteiger partial charge in [0.2, 0.25) is 0 Å². The summed E-state index contributed by atoms with van der Waals surface area (Å²) in [7, 11) is 6.04.